The van der Waals surface area contributed by atoms with Crippen LogP contribution < -0.4 is 5.32 Å². The van der Waals surface area contributed by atoms with Crippen molar-refractivity contribution in [1.82, 2.24) is 4.98 Å². The molecule has 0 radical (unpaired) electrons. The number of halogens is 2. The molecule has 0 bridgehead atoms. The molecule has 0 unspecified atom stereocenters. The predicted molar refractivity (Wildman–Crippen MR) is 87.4 cm³/mol. The van der Waals surface area contributed by atoms with E-state index in [1.54, 1.807) is 18.2 Å². The number of nitrogens with zero attached hydrogens (tertiary/aromatic N) is 1. The Hall–Kier alpha value is -2.04. The number of rotatable bonds is 4. The molecule has 0 aliphatic heterocycles. The van der Waals surface area contributed by atoms with Crippen LogP contribution in [0.1, 0.15) is 12.3 Å². The molecule has 0 aliphatic rings. The lowest BCUT2D eigenvalue weighted by Gasteiger charge is -2.05. The van der Waals surface area contributed by atoms with E-state index in [9.17, 15) is 4.79 Å². The van der Waals surface area contributed by atoms with Gasteiger partial charge in [0.2, 0.25) is 5.91 Å². The number of hydrogen-bond acceptors (Lipinski definition) is 3. The van der Waals surface area contributed by atoms with Gasteiger partial charge in [0.1, 0.15) is 5.52 Å². The minimum atomic E-state index is -0.138. The number of fused-ring (bicyclic) bond motifs is 1. The van der Waals surface area contributed by atoms with Crippen LogP contribution in [0, 0.1) is 0 Å². The maximum atomic E-state index is 11.9. The summed E-state index contributed by atoms with van der Waals surface area (Å²) in [5, 5.41) is 3.61. The average molecular weight is 335 g/mol. The van der Waals surface area contributed by atoms with Crippen LogP contribution in [0.4, 0.5) is 5.69 Å². The second kappa shape index (κ2) is 6.38. The summed E-state index contributed by atoms with van der Waals surface area (Å²) >= 11 is 11.7. The summed E-state index contributed by atoms with van der Waals surface area (Å²) in [6.07, 6.45) is 0.703. The molecule has 3 aromatic rings. The number of carbonyl (C=O) groups excluding carboxylic acids is 1. The molecule has 0 saturated carbocycles. The van der Waals surface area contributed by atoms with Gasteiger partial charge in [-0.15, -0.1) is 0 Å². The molecule has 1 aromatic heterocycles. The van der Waals surface area contributed by atoms with Gasteiger partial charge in [0.25, 0.3) is 0 Å². The summed E-state index contributed by atoms with van der Waals surface area (Å²) < 4.78 is 5.57. The van der Waals surface area contributed by atoms with Crippen molar-refractivity contribution in [2.24, 2.45) is 0 Å². The van der Waals surface area contributed by atoms with Crippen LogP contribution in [0.5, 0.6) is 0 Å². The van der Waals surface area contributed by atoms with Crippen LogP contribution in [0.3, 0.4) is 0 Å². The zero-order chi connectivity index (χ0) is 15.5. The van der Waals surface area contributed by atoms with E-state index in [0.29, 0.717) is 28.0 Å². The molecule has 2 aromatic carbocycles. The first-order valence-electron chi connectivity index (χ1n) is 6.71. The molecular weight excluding hydrogens is 323 g/mol. The van der Waals surface area contributed by atoms with Gasteiger partial charge in [0.15, 0.2) is 11.5 Å². The van der Waals surface area contributed by atoms with Gasteiger partial charge >= 0.3 is 0 Å². The van der Waals surface area contributed by atoms with Gasteiger partial charge < -0.3 is 9.73 Å². The molecule has 0 saturated heterocycles. The first kappa shape index (κ1) is 14.9. The number of nitrogens with one attached hydrogen (secondary N) is 1. The van der Waals surface area contributed by atoms with E-state index in [2.05, 4.69) is 10.3 Å². The number of amides is 1. The third-order valence-electron chi connectivity index (χ3n) is 3.11. The Morgan fingerprint density at radius 1 is 1.14 bits per heavy atom. The lowest BCUT2D eigenvalue weighted by molar-refractivity contribution is -0.116. The van der Waals surface area contributed by atoms with Crippen molar-refractivity contribution >= 4 is 45.9 Å². The summed E-state index contributed by atoms with van der Waals surface area (Å²) in [7, 11) is 0. The fraction of sp³-hybridized carbons (Fsp3) is 0.125. The van der Waals surface area contributed by atoms with Crippen molar-refractivity contribution in [2.45, 2.75) is 12.8 Å². The lowest BCUT2D eigenvalue weighted by atomic mass is 10.2. The maximum Gasteiger partial charge on any atom is 0.224 e. The van der Waals surface area contributed by atoms with Gasteiger partial charge in [-0.2, -0.15) is 0 Å². The monoisotopic (exact) mass is 334 g/mol. The highest BCUT2D eigenvalue weighted by molar-refractivity contribution is 6.42. The Morgan fingerprint density at radius 3 is 2.73 bits per heavy atom. The summed E-state index contributed by atoms with van der Waals surface area (Å²) in [6, 6.07) is 12.5. The molecule has 22 heavy (non-hydrogen) atoms. The van der Waals surface area contributed by atoms with E-state index in [4.69, 9.17) is 27.6 Å². The number of anilines is 1. The molecule has 4 nitrogen and oxygen atoms in total. The number of carbonyl (C=O) groups is 1. The van der Waals surface area contributed by atoms with Crippen LogP contribution in [-0.4, -0.2) is 10.9 Å². The summed E-state index contributed by atoms with van der Waals surface area (Å²) in [5.74, 6) is 0.408. The Balaban J connectivity index is 1.60. The molecule has 0 fully saturated rings. The average Bonchev–Trinajstić information content (AvgIpc) is 2.92. The van der Waals surface area contributed by atoms with Crippen molar-refractivity contribution in [3.8, 4) is 0 Å². The van der Waals surface area contributed by atoms with Gasteiger partial charge in [0, 0.05) is 18.5 Å². The SMILES string of the molecule is O=C(CCc1nc2ccccc2o1)Nc1ccc(Cl)c(Cl)c1. The molecule has 0 spiro atoms. The molecule has 112 valence electrons. The minimum Gasteiger partial charge on any atom is -0.441 e. The first-order valence-corrected chi connectivity index (χ1v) is 7.47. The van der Waals surface area contributed by atoms with Gasteiger partial charge in [-0.1, -0.05) is 35.3 Å². The molecule has 3 rings (SSSR count). The van der Waals surface area contributed by atoms with Crippen molar-refractivity contribution in [3.05, 3.63) is 58.4 Å². The molecule has 0 aliphatic carbocycles. The van der Waals surface area contributed by atoms with Gasteiger partial charge in [-0.05, 0) is 30.3 Å². The molecule has 1 amide bonds. The number of para-hydroxylation sites is 2. The quantitative estimate of drug-likeness (QED) is 0.751. The smallest absolute Gasteiger partial charge is 0.224 e. The Morgan fingerprint density at radius 2 is 1.95 bits per heavy atom. The zero-order valence-corrected chi connectivity index (χ0v) is 13.0. The van der Waals surface area contributed by atoms with E-state index >= 15 is 0 Å². The summed E-state index contributed by atoms with van der Waals surface area (Å²) in [4.78, 5) is 16.3. The normalized spacial score (nSPS) is 10.8. The van der Waals surface area contributed by atoms with Gasteiger partial charge in [-0.3, -0.25) is 4.79 Å². The molecule has 1 N–H and O–H groups in total. The van der Waals surface area contributed by atoms with Crippen molar-refractivity contribution in [2.75, 3.05) is 5.32 Å². The van der Waals surface area contributed by atoms with Crippen LogP contribution in [-0.2, 0) is 11.2 Å². The van der Waals surface area contributed by atoms with Crippen molar-refractivity contribution in [1.29, 1.82) is 0 Å². The summed E-state index contributed by atoms with van der Waals surface area (Å²) in [5.41, 5.74) is 2.13. The second-order valence-corrected chi connectivity index (χ2v) is 5.57. The maximum absolute atomic E-state index is 11.9. The van der Waals surface area contributed by atoms with Crippen LogP contribution in [0.15, 0.2) is 46.9 Å². The van der Waals surface area contributed by atoms with E-state index < -0.39 is 0 Å². The number of aromatic nitrogens is 1. The largest absolute Gasteiger partial charge is 0.441 e. The minimum absolute atomic E-state index is 0.138. The van der Waals surface area contributed by atoms with Crippen molar-refractivity contribution in [3.63, 3.8) is 0 Å². The van der Waals surface area contributed by atoms with E-state index in [0.717, 1.165) is 11.1 Å². The number of hydrogen-bond donors (Lipinski definition) is 1. The highest BCUT2D eigenvalue weighted by Gasteiger charge is 2.09. The fourth-order valence-electron chi connectivity index (χ4n) is 2.04. The Kier molecular flexibility index (Phi) is 4.32. The summed E-state index contributed by atoms with van der Waals surface area (Å²) in [6.45, 7) is 0. The second-order valence-electron chi connectivity index (χ2n) is 4.75. The highest BCUT2D eigenvalue weighted by atomic mass is 35.5. The van der Waals surface area contributed by atoms with E-state index in [1.165, 1.54) is 0 Å². The van der Waals surface area contributed by atoms with Crippen LogP contribution >= 0.6 is 23.2 Å². The van der Waals surface area contributed by atoms with Gasteiger partial charge in [-0.25, -0.2) is 4.98 Å². The van der Waals surface area contributed by atoms with E-state index in [-0.39, 0.29) is 12.3 Å². The standard InChI is InChI=1S/C16H12Cl2N2O2/c17-11-6-5-10(9-12(11)18)19-15(21)7-8-16-20-13-3-1-2-4-14(13)22-16/h1-6,9H,7-8H2,(H,19,21). The first-order chi connectivity index (χ1) is 10.6. The fourth-order valence-corrected chi connectivity index (χ4v) is 2.34. The molecule has 6 heteroatoms. The molecule has 1 heterocycles. The van der Waals surface area contributed by atoms with Crippen LogP contribution in [0.25, 0.3) is 11.1 Å². The Labute approximate surface area is 137 Å². The molecular formula is C16H12Cl2N2O2. The highest BCUT2D eigenvalue weighted by Crippen LogP contribution is 2.25. The number of oxazole rings is 1. The van der Waals surface area contributed by atoms with E-state index in [1.807, 2.05) is 24.3 Å². The zero-order valence-electron chi connectivity index (χ0n) is 11.5. The van der Waals surface area contributed by atoms with Crippen molar-refractivity contribution < 1.29 is 9.21 Å². The van der Waals surface area contributed by atoms with Crippen LogP contribution in [0.2, 0.25) is 10.0 Å². The topological polar surface area (TPSA) is 55.1 Å². The molecule has 0 atom stereocenters. The Bertz CT molecular complexity index is 797. The third-order valence-corrected chi connectivity index (χ3v) is 3.85. The predicted octanol–water partition coefficient (Wildman–Crippen LogP) is 4.71. The number of aryl methyl sites for hydroxylation is 1. The lowest BCUT2D eigenvalue weighted by Crippen LogP contribution is -2.12. The number of benzene rings is 2. The third kappa shape index (κ3) is 3.40. The van der Waals surface area contributed by atoms with Gasteiger partial charge in [0.05, 0.1) is 10.0 Å².